The monoisotopic (exact) mass is 251 g/mol. The van der Waals surface area contributed by atoms with Gasteiger partial charge in [0.05, 0.1) is 18.0 Å². The molecule has 102 valence electrons. The van der Waals surface area contributed by atoms with Gasteiger partial charge in [-0.05, 0) is 33.0 Å². The molecule has 0 saturated carbocycles. The largest absolute Gasteiger partial charge is 0.383 e. The molecule has 0 unspecified atom stereocenters. The molecule has 0 atom stereocenters. The zero-order chi connectivity index (χ0) is 13.4. The average molecular weight is 251 g/mol. The summed E-state index contributed by atoms with van der Waals surface area (Å²) in [6.45, 7) is 7.78. The molecule has 0 aliphatic carbocycles. The van der Waals surface area contributed by atoms with Gasteiger partial charge in [-0.15, -0.1) is 0 Å². The fourth-order valence-electron chi connectivity index (χ4n) is 1.83. The molecule has 0 aliphatic rings. The van der Waals surface area contributed by atoms with Crippen molar-refractivity contribution in [3.63, 3.8) is 0 Å². The highest BCUT2D eigenvalue weighted by Gasteiger charge is 2.10. The third-order valence-electron chi connectivity index (χ3n) is 2.90. The first-order valence-electron chi connectivity index (χ1n) is 6.49. The van der Waals surface area contributed by atoms with Gasteiger partial charge in [-0.2, -0.15) is 0 Å². The minimum Gasteiger partial charge on any atom is -0.383 e. The number of methoxy groups -OCH3 is 1. The number of pyridine rings is 1. The fraction of sp³-hybridized carbons (Fsp3) is 0.643. The molecule has 0 radical (unpaired) electrons. The highest BCUT2D eigenvalue weighted by molar-refractivity contribution is 5.11. The maximum Gasteiger partial charge on any atom is 0.0589 e. The van der Waals surface area contributed by atoms with Crippen molar-refractivity contribution in [2.45, 2.75) is 33.0 Å². The van der Waals surface area contributed by atoms with Crippen LogP contribution in [0.1, 0.15) is 25.2 Å². The zero-order valence-corrected chi connectivity index (χ0v) is 11.9. The summed E-state index contributed by atoms with van der Waals surface area (Å²) >= 11 is 0. The van der Waals surface area contributed by atoms with Crippen molar-refractivity contribution in [1.82, 2.24) is 15.2 Å². The number of aromatic nitrogens is 1. The summed E-state index contributed by atoms with van der Waals surface area (Å²) < 4.78 is 5.15. The quantitative estimate of drug-likeness (QED) is 0.762. The van der Waals surface area contributed by atoms with Gasteiger partial charge in [-0.3, -0.25) is 9.88 Å². The van der Waals surface area contributed by atoms with Crippen LogP contribution in [-0.2, 0) is 17.8 Å². The molecule has 0 bridgehead atoms. The van der Waals surface area contributed by atoms with Crippen LogP contribution >= 0.6 is 0 Å². The van der Waals surface area contributed by atoms with Gasteiger partial charge in [-0.25, -0.2) is 0 Å². The summed E-state index contributed by atoms with van der Waals surface area (Å²) in [7, 11) is 3.68. The van der Waals surface area contributed by atoms with E-state index in [0.29, 0.717) is 6.04 Å². The molecule has 1 aromatic rings. The topological polar surface area (TPSA) is 37.4 Å². The Balaban J connectivity index is 2.64. The number of nitrogens with zero attached hydrogens (tertiary/aromatic N) is 2. The zero-order valence-electron chi connectivity index (χ0n) is 11.9. The molecule has 18 heavy (non-hydrogen) atoms. The summed E-state index contributed by atoms with van der Waals surface area (Å²) in [5.74, 6) is 0. The predicted molar refractivity (Wildman–Crippen MR) is 74.4 cm³/mol. The van der Waals surface area contributed by atoms with Gasteiger partial charge in [0.15, 0.2) is 0 Å². The van der Waals surface area contributed by atoms with E-state index >= 15 is 0 Å². The molecule has 0 spiro atoms. The molecule has 1 aromatic heterocycles. The summed E-state index contributed by atoms with van der Waals surface area (Å²) in [6, 6.07) is 6.70. The van der Waals surface area contributed by atoms with E-state index in [9.17, 15) is 0 Å². The molecule has 0 fully saturated rings. The molecule has 0 aromatic carbocycles. The van der Waals surface area contributed by atoms with Gasteiger partial charge < -0.3 is 10.1 Å². The highest BCUT2D eigenvalue weighted by atomic mass is 16.5. The Morgan fingerprint density at radius 2 is 2.06 bits per heavy atom. The lowest BCUT2D eigenvalue weighted by atomic mass is 10.2. The van der Waals surface area contributed by atoms with Crippen LogP contribution in [0.5, 0.6) is 0 Å². The molecule has 0 amide bonds. The summed E-state index contributed by atoms with van der Waals surface area (Å²) in [4.78, 5) is 7.02. The van der Waals surface area contributed by atoms with E-state index in [-0.39, 0.29) is 0 Å². The maximum atomic E-state index is 5.15. The van der Waals surface area contributed by atoms with Crippen molar-refractivity contribution in [3.8, 4) is 0 Å². The first-order chi connectivity index (χ1) is 8.67. The second-order valence-electron chi connectivity index (χ2n) is 4.71. The van der Waals surface area contributed by atoms with Gasteiger partial charge in [-0.1, -0.05) is 6.07 Å². The van der Waals surface area contributed by atoms with Crippen LogP contribution in [0, 0.1) is 0 Å². The van der Waals surface area contributed by atoms with E-state index in [1.807, 2.05) is 7.05 Å². The van der Waals surface area contributed by atoms with Crippen LogP contribution in [0.2, 0.25) is 0 Å². The Morgan fingerprint density at radius 3 is 2.67 bits per heavy atom. The standard InChI is InChI=1S/C14H25N3O/c1-12(2)17(8-9-18-4)11-14-7-5-6-13(16-14)10-15-3/h5-7,12,15H,8-11H2,1-4H3. The van der Waals surface area contributed by atoms with E-state index in [1.165, 1.54) is 0 Å². The van der Waals surface area contributed by atoms with Gasteiger partial charge in [0.1, 0.15) is 0 Å². The fourth-order valence-corrected chi connectivity index (χ4v) is 1.83. The van der Waals surface area contributed by atoms with E-state index in [0.717, 1.165) is 37.6 Å². The second-order valence-corrected chi connectivity index (χ2v) is 4.71. The Hall–Kier alpha value is -0.970. The molecule has 1 rings (SSSR count). The Kier molecular flexibility index (Phi) is 6.86. The van der Waals surface area contributed by atoms with E-state index in [2.05, 4.69) is 47.2 Å². The van der Waals surface area contributed by atoms with Crippen molar-refractivity contribution in [2.75, 3.05) is 27.3 Å². The van der Waals surface area contributed by atoms with Crippen molar-refractivity contribution < 1.29 is 4.74 Å². The van der Waals surface area contributed by atoms with Crippen LogP contribution in [0.3, 0.4) is 0 Å². The summed E-state index contributed by atoms with van der Waals surface area (Å²) in [5, 5.41) is 3.13. The van der Waals surface area contributed by atoms with Gasteiger partial charge >= 0.3 is 0 Å². The highest BCUT2D eigenvalue weighted by Crippen LogP contribution is 2.07. The average Bonchev–Trinajstić information content (AvgIpc) is 2.35. The summed E-state index contributed by atoms with van der Waals surface area (Å²) in [5.41, 5.74) is 2.21. The smallest absolute Gasteiger partial charge is 0.0589 e. The molecular weight excluding hydrogens is 226 g/mol. The van der Waals surface area contributed by atoms with Crippen LogP contribution < -0.4 is 5.32 Å². The molecule has 4 nitrogen and oxygen atoms in total. The number of ether oxygens (including phenoxy) is 1. The molecule has 0 aliphatic heterocycles. The minimum atomic E-state index is 0.495. The Labute approximate surface area is 110 Å². The number of hydrogen-bond donors (Lipinski definition) is 1. The third-order valence-corrected chi connectivity index (χ3v) is 2.90. The third kappa shape index (κ3) is 5.12. The Morgan fingerprint density at radius 1 is 1.33 bits per heavy atom. The van der Waals surface area contributed by atoms with Crippen molar-refractivity contribution >= 4 is 0 Å². The lowest BCUT2D eigenvalue weighted by Gasteiger charge is -2.25. The first-order valence-corrected chi connectivity index (χ1v) is 6.49. The Bertz CT molecular complexity index is 342. The lowest BCUT2D eigenvalue weighted by Crippen LogP contribution is -2.33. The molecule has 1 N–H and O–H groups in total. The van der Waals surface area contributed by atoms with Crippen molar-refractivity contribution in [3.05, 3.63) is 29.6 Å². The van der Waals surface area contributed by atoms with Gasteiger partial charge in [0, 0.05) is 32.8 Å². The van der Waals surface area contributed by atoms with Crippen LogP contribution in [-0.4, -0.2) is 43.2 Å². The maximum absolute atomic E-state index is 5.15. The van der Waals surface area contributed by atoms with E-state index < -0.39 is 0 Å². The number of rotatable bonds is 8. The van der Waals surface area contributed by atoms with Crippen molar-refractivity contribution in [1.29, 1.82) is 0 Å². The second kappa shape index (κ2) is 8.19. The van der Waals surface area contributed by atoms with Crippen LogP contribution in [0.15, 0.2) is 18.2 Å². The van der Waals surface area contributed by atoms with Crippen LogP contribution in [0.25, 0.3) is 0 Å². The molecular formula is C14H25N3O. The minimum absolute atomic E-state index is 0.495. The first kappa shape index (κ1) is 15.1. The molecule has 4 heteroatoms. The van der Waals surface area contributed by atoms with Crippen LogP contribution in [0.4, 0.5) is 0 Å². The predicted octanol–water partition coefficient (Wildman–Crippen LogP) is 1.66. The molecule has 0 saturated heterocycles. The SMILES string of the molecule is CNCc1cccc(CN(CCOC)C(C)C)n1. The molecule has 1 heterocycles. The van der Waals surface area contributed by atoms with Crippen molar-refractivity contribution in [2.24, 2.45) is 0 Å². The van der Waals surface area contributed by atoms with E-state index in [1.54, 1.807) is 7.11 Å². The van der Waals surface area contributed by atoms with E-state index in [4.69, 9.17) is 4.74 Å². The van der Waals surface area contributed by atoms with Gasteiger partial charge in [0.25, 0.3) is 0 Å². The van der Waals surface area contributed by atoms with Gasteiger partial charge in [0.2, 0.25) is 0 Å². The normalized spacial score (nSPS) is 11.4. The number of nitrogens with one attached hydrogen (secondary N) is 1. The summed E-state index contributed by atoms with van der Waals surface area (Å²) in [6.07, 6.45) is 0. The number of hydrogen-bond acceptors (Lipinski definition) is 4. The lowest BCUT2D eigenvalue weighted by molar-refractivity contribution is 0.124.